The van der Waals surface area contributed by atoms with Gasteiger partial charge in [0.15, 0.2) is 0 Å². The predicted molar refractivity (Wildman–Crippen MR) is 267 cm³/mol. The molecule has 0 fully saturated rings. The molecule has 2 heteroatoms. The Hall–Kier alpha value is -0.0800. The zero-order valence-corrected chi connectivity index (χ0v) is 41.2. The minimum Gasteiger partial charge on any atom is -0.126 e. The fraction of sp³-hybridized carbons (Fsp3) is 0.891. The lowest BCUT2D eigenvalue weighted by atomic mass is 10.0. The number of hydrogen-bond acceptors (Lipinski definition) is 2. The van der Waals surface area contributed by atoms with Gasteiger partial charge in [-0.3, -0.25) is 0 Å². The third-order valence-corrected chi connectivity index (χ3v) is 15.0. The maximum atomic E-state index is 2.41. The van der Waals surface area contributed by atoms with E-state index in [-0.39, 0.29) is 0 Å². The Morgan fingerprint density at radius 3 is 0.684 bits per heavy atom. The molecule has 0 aliphatic rings. The van der Waals surface area contributed by atoms with E-state index < -0.39 is 0 Å². The summed E-state index contributed by atoms with van der Waals surface area (Å²) in [6.07, 6.45) is 63.8. The number of rotatable bonds is 48. The molecule has 0 heterocycles. The maximum absolute atomic E-state index is 2.41. The van der Waals surface area contributed by atoms with E-state index in [9.17, 15) is 0 Å². The molecule has 0 aliphatic carbocycles. The lowest BCUT2D eigenvalue weighted by molar-refractivity contribution is 0.521. The second kappa shape index (κ2) is 47.0. The number of thioether (sulfide) groups is 2. The molecule has 1 aromatic carbocycles. The Kier molecular flexibility index (Phi) is 45.3. The number of unbranched alkanes of at least 4 members (excludes halogenated alkanes) is 40. The molecule has 336 valence electrons. The summed E-state index contributed by atoms with van der Waals surface area (Å²) in [6.45, 7) is 6.98. The Morgan fingerprint density at radius 1 is 0.263 bits per heavy atom. The molecule has 0 aromatic heterocycles. The van der Waals surface area contributed by atoms with Gasteiger partial charge >= 0.3 is 0 Å². The van der Waals surface area contributed by atoms with Crippen LogP contribution in [0.3, 0.4) is 0 Å². The van der Waals surface area contributed by atoms with Crippen molar-refractivity contribution < 1.29 is 0 Å². The van der Waals surface area contributed by atoms with Gasteiger partial charge < -0.3 is 0 Å². The molecule has 0 unspecified atom stereocenters. The van der Waals surface area contributed by atoms with Gasteiger partial charge in [-0.1, -0.05) is 290 Å². The Balaban J connectivity index is 1.93. The smallest absolute Gasteiger partial charge is 0.0115 e. The summed E-state index contributed by atoms with van der Waals surface area (Å²) in [5.74, 6) is 2.59. The summed E-state index contributed by atoms with van der Waals surface area (Å²) < 4.78 is 0. The first-order valence-corrected chi connectivity index (χ1v) is 28.7. The summed E-state index contributed by atoms with van der Waals surface area (Å²) in [6, 6.07) is 7.16. The van der Waals surface area contributed by atoms with Crippen LogP contribution in [0.4, 0.5) is 0 Å². The second-order valence-corrected chi connectivity index (χ2v) is 20.6. The molecule has 0 amide bonds. The van der Waals surface area contributed by atoms with E-state index >= 15 is 0 Å². The van der Waals surface area contributed by atoms with Crippen molar-refractivity contribution in [2.75, 3.05) is 11.5 Å². The quantitative estimate of drug-likeness (QED) is 0.0474. The average molecular weight is 830 g/mol. The summed E-state index contributed by atoms with van der Waals surface area (Å²) in [5.41, 5.74) is 1.65. The number of benzene rings is 1. The zero-order chi connectivity index (χ0) is 40.8. The van der Waals surface area contributed by atoms with E-state index in [1.165, 1.54) is 294 Å². The molecular weight excluding hydrogens is 725 g/mol. The SMILES string of the molecule is CCCCCCCCCCCCCCCCCCCCCCCSc1cccc(SCCCCCCCCCCCCCCCCCCCCCCC)c1CCC. The average Bonchev–Trinajstić information content (AvgIpc) is 3.22. The van der Waals surface area contributed by atoms with Crippen LogP contribution in [0.25, 0.3) is 0 Å². The van der Waals surface area contributed by atoms with Crippen LogP contribution >= 0.6 is 23.5 Å². The van der Waals surface area contributed by atoms with Crippen molar-refractivity contribution in [3.05, 3.63) is 23.8 Å². The van der Waals surface area contributed by atoms with Crippen molar-refractivity contribution in [3.8, 4) is 0 Å². The molecule has 1 aromatic rings. The topological polar surface area (TPSA) is 0 Å². The fourth-order valence-corrected chi connectivity index (χ4v) is 11.1. The first kappa shape index (κ1) is 54.9. The van der Waals surface area contributed by atoms with E-state index in [1.807, 2.05) is 0 Å². The lowest BCUT2D eigenvalue weighted by Gasteiger charge is -2.14. The Morgan fingerprint density at radius 2 is 0.474 bits per heavy atom. The predicted octanol–water partition coefficient (Wildman–Crippen LogP) is 21.2. The first-order valence-electron chi connectivity index (χ1n) is 26.7. The second-order valence-electron chi connectivity index (χ2n) is 18.3. The van der Waals surface area contributed by atoms with Crippen molar-refractivity contribution in [2.45, 2.75) is 313 Å². The normalized spacial score (nSPS) is 11.6. The van der Waals surface area contributed by atoms with Crippen molar-refractivity contribution in [1.82, 2.24) is 0 Å². The standard InChI is InChI=1S/C55H104S2/c1-4-7-9-11-13-15-17-19-21-23-25-27-29-31-33-35-37-39-41-43-45-51-56-54-49-47-50-55(53(54)48-6-3)57-52-46-44-42-40-38-36-34-32-30-28-26-24-22-20-18-16-14-12-10-8-5-2/h47,49-50H,4-46,48,51-52H2,1-3H3. The van der Waals surface area contributed by atoms with Gasteiger partial charge in [0, 0.05) is 9.79 Å². The molecule has 0 atom stereocenters. The van der Waals surface area contributed by atoms with Gasteiger partial charge in [0.1, 0.15) is 0 Å². The molecule has 0 saturated carbocycles. The summed E-state index contributed by atoms with van der Waals surface area (Å²) >= 11 is 4.29. The van der Waals surface area contributed by atoms with Crippen LogP contribution in [0.15, 0.2) is 28.0 Å². The van der Waals surface area contributed by atoms with Crippen molar-refractivity contribution in [3.63, 3.8) is 0 Å². The Bertz CT molecular complexity index is 828. The van der Waals surface area contributed by atoms with Gasteiger partial charge in [-0.2, -0.15) is 0 Å². The third kappa shape index (κ3) is 38.6. The van der Waals surface area contributed by atoms with Crippen molar-refractivity contribution in [2.24, 2.45) is 0 Å². The zero-order valence-electron chi connectivity index (χ0n) is 39.6. The molecule has 0 aliphatic heterocycles. The largest absolute Gasteiger partial charge is 0.126 e. The highest BCUT2D eigenvalue weighted by atomic mass is 32.2. The van der Waals surface area contributed by atoms with Crippen LogP contribution in [-0.2, 0) is 6.42 Å². The van der Waals surface area contributed by atoms with Gasteiger partial charge in [-0.15, -0.1) is 23.5 Å². The van der Waals surface area contributed by atoms with E-state index in [4.69, 9.17) is 0 Å². The molecule has 0 saturated heterocycles. The summed E-state index contributed by atoms with van der Waals surface area (Å²) in [7, 11) is 0. The molecule has 1 rings (SSSR count). The summed E-state index contributed by atoms with van der Waals surface area (Å²) in [4.78, 5) is 3.16. The molecule has 0 spiro atoms. The highest BCUT2D eigenvalue weighted by Gasteiger charge is 2.09. The molecular formula is C55H104S2. The monoisotopic (exact) mass is 829 g/mol. The van der Waals surface area contributed by atoms with Crippen LogP contribution in [0.1, 0.15) is 302 Å². The minimum absolute atomic E-state index is 1.24. The molecule has 0 nitrogen and oxygen atoms in total. The van der Waals surface area contributed by atoms with Gasteiger partial charge in [-0.25, -0.2) is 0 Å². The molecule has 0 bridgehead atoms. The van der Waals surface area contributed by atoms with Crippen molar-refractivity contribution in [1.29, 1.82) is 0 Å². The summed E-state index contributed by atoms with van der Waals surface area (Å²) in [5, 5.41) is 0. The molecule has 57 heavy (non-hydrogen) atoms. The van der Waals surface area contributed by atoms with Gasteiger partial charge in [-0.05, 0) is 48.5 Å². The fourth-order valence-electron chi connectivity index (χ4n) is 8.74. The van der Waals surface area contributed by atoms with E-state index in [1.54, 1.807) is 15.4 Å². The highest BCUT2D eigenvalue weighted by Crippen LogP contribution is 2.34. The van der Waals surface area contributed by atoms with Crippen LogP contribution in [-0.4, -0.2) is 11.5 Å². The highest BCUT2D eigenvalue weighted by molar-refractivity contribution is 8.00. The maximum Gasteiger partial charge on any atom is 0.0115 e. The third-order valence-electron chi connectivity index (χ3n) is 12.6. The van der Waals surface area contributed by atoms with E-state index in [0.717, 1.165) is 0 Å². The van der Waals surface area contributed by atoms with Crippen molar-refractivity contribution >= 4 is 23.5 Å². The molecule has 0 radical (unpaired) electrons. The lowest BCUT2D eigenvalue weighted by Crippen LogP contribution is -1.94. The number of hydrogen-bond donors (Lipinski definition) is 0. The Labute approximate surface area is 370 Å². The van der Waals surface area contributed by atoms with Crippen LogP contribution < -0.4 is 0 Å². The van der Waals surface area contributed by atoms with Crippen LogP contribution in [0, 0.1) is 0 Å². The van der Waals surface area contributed by atoms with Gasteiger partial charge in [0.25, 0.3) is 0 Å². The first-order chi connectivity index (χ1) is 28.3. The van der Waals surface area contributed by atoms with Crippen LogP contribution in [0.2, 0.25) is 0 Å². The van der Waals surface area contributed by atoms with Gasteiger partial charge in [0.05, 0.1) is 0 Å². The van der Waals surface area contributed by atoms with E-state index in [0.29, 0.717) is 0 Å². The van der Waals surface area contributed by atoms with Gasteiger partial charge in [0.2, 0.25) is 0 Å². The van der Waals surface area contributed by atoms with E-state index in [2.05, 4.69) is 62.5 Å². The molecule has 0 N–H and O–H groups in total. The minimum atomic E-state index is 1.24. The van der Waals surface area contributed by atoms with Crippen LogP contribution in [0.5, 0.6) is 0 Å².